The van der Waals surface area contributed by atoms with Crippen molar-refractivity contribution in [2.24, 2.45) is 0 Å². The van der Waals surface area contributed by atoms with Crippen LogP contribution in [-0.2, 0) is 0 Å². The number of hydrogen-bond donors (Lipinski definition) is 0. The monoisotopic (exact) mass is 180 g/mol. The van der Waals surface area contributed by atoms with Crippen molar-refractivity contribution < 1.29 is 5.48 Å². The van der Waals surface area contributed by atoms with Crippen molar-refractivity contribution in [2.45, 2.75) is 0 Å². The molecule has 0 aliphatic heterocycles. The van der Waals surface area contributed by atoms with Crippen molar-refractivity contribution in [3.63, 3.8) is 0 Å². The Hall–Kier alpha value is -2.02. The lowest BCUT2D eigenvalue weighted by molar-refractivity contribution is 0.824. The van der Waals surface area contributed by atoms with E-state index >= 15 is 0 Å². The molecule has 0 aliphatic carbocycles. The molecule has 0 spiro atoms. The van der Waals surface area contributed by atoms with Gasteiger partial charge in [-0.1, -0.05) is 0 Å². The van der Waals surface area contributed by atoms with Gasteiger partial charge in [0.25, 0.3) is 0 Å². The van der Waals surface area contributed by atoms with Gasteiger partial charge in [-0.2, -0.15) is 0 Å². The van der Waals surface area contributed by atoms with Gasteiger partial charge in [0.05, 0.1) is 0 Å². The molecule has 2 heterocycles. The third-order valence-corrected chi connectivity index (χ3v) is 0.800. The van der Waals surface area contributed by atoms with Gasteiger partial charge in [-0.3, -0.25) is 0 Å². The van der Waals surface area contributed by atoms with Gasteiger partial charge in [-0.05, 0) is 0 Å². The van der Waals surface area contributed by atoms with E-state index in [-0.39, 0.29) is 5.48 Å². The van der Waals surface area contributed by atoms with Gasteiger partial charge in [0.2, 0.25) is 0 Å². The molecule has 7 heteroatoms. The third kappa shape index (κ3) is 6.38. The molecule has 0 bridgehead atoms. The number of nitrogens with zero attached hydrogens (tertiary/aromatic N) is 6. The Morgan fingerprint density at radius 2 is 0.538 bits per heavy atom. The normalized spacial score (nSPS) is 7.38. The average Bonchev–Trinajstić information content (AvgIpc) is 2.24. The summed E-state index contributed by atoms with van der Waals surface area (Å²) in [6.07, 6.45) is 8.62. The van der Waals surface area contributed by atoms with E-state index in [1.54, 1.807) is 0 Å². The van der Waals surface area contributed by atoms with Crippen LogP contribution in [0, 0.1) is 0 Å². The average molecular weight is 180 g/mol. The summed E-state index contributed by atoms with van der Waals surface area (Å²) in [5.41, 5.74) is 0. The molecule has 13 heavy (non-hydrogen) atoms. The first-order chi connectivity index (χ1) is 6.00. The zero-order valence-electron chi connectivity index (χ0n) is 6.65. The molecule has 0 amide bonds. The van der Waals surface area contributed by atoms with Crippen LogP contribution in [0.5, 0.6) is 0 Å². The standard InChI is InChI=1S/2C3H3N3.H2O/c2*1-4-2-6-3-5-1;/h2*1-3H;1H2. The van der Waals surface area contributed by atoms with Crippen molar-refractivity contribution in [1.82, 2.24) is 29.9 Å². The van der Waals surface area contributed by atoms with Crippen LogP contribution in [-0.4, -0.2) is 35.4 Å². The fourth-order valence-electron chi connectivity index (χ4n) is 0.410. The SMILES string of the molecule is O.c1ncncn1.c1ncncn1. The van der Waals surface area contributed by atoms with Crippen LogP contribution in [0.4, 0.5) is 0 Å². The Kier molecular flexibility index (Phi) is 6.82. The Balaban J connectivity index is 0.000000206. The molecule has 68 valence electrons. The number of rotatable bonds is 0. The van der Waals surface area contributed by atoms with Gasteiger partial charge >= 0.3 is 0 Å². The molecule has 2 N–H and O–H groups in total. The maximum Gasteiger partial charge on any atom is 0.119 e. The van der Waals surface area contributed by atoms with Gasteiger partial charge in [0.15, 0.2) is 0 Å². The largest absolute Gasteiger partial charge is 0.412 e. The highest BCUT2D eigenvalue weighted by molar-refractivity contribution is 4.52. The predicted octanol–water partition coefficient (Wildman–Crippen LogP) is -1.08. The molecular weight excluding hydrogens is 172 g/mol. The highest BCUT2D eigenvalue weighted by Gasteiger charge is 1.60. The second-order valence-electron chi connectivity index (χ2n) is 1.59. The summed E-state index contributed by atoms with van der Waals surface area (Å²) in [4.78, 5) is 21.4. The molecule has 0 atom stereocenters. The van der Waals surface area contributed by atoms with E-state index in [1.807, 2.05) is 0 Å². The summed E-state index contributed by atoms with van der Waals surface area (Å²) >= 11 is 0. The van der Waals surface area contributed by atoms with Crippen LogP contribution in [0.25, 0.3) is 0 Å². The Morgan fingerprint density at radius 3 is 0.615 bits per heavy atom. The van der Waals surface area contributed by atoms with Crippen molar-refractivity contribution in [1.29, 1.82) is 0 Å². The van der Waals surface area contributed by atoms with Gasteiger partial charge < -0.3 is 5.48 Å². The molecule has 0 aromatic carbocycles. The fraction of sp³-hybridized carbons (Fsp3) is 0. The molecule has 0 unspecified atom stereocenters. The van der Waals surface area contributed by atoms with Crippen LogP contribution >= 0.6 is 0 Å². The minimum absolute atomic E-state index is 0. The van der Waals surface area contributed by atoms with Gasteiger partial charge in [0.1, 0.15) is 38.0 Å². The van der Waals surface area contributed by atoms with Gasteiger partial charge in [0, 0.05) is 0 Å². The molecule has 2 rings (SSSR count). The second kappa shape index (κ2) is 8.08. The predicted molar refractivity (Wildman–Crippen MR) is 43.3 cm³/mol. The van der Waals surface area contributed by atoms with E-state index < -0.39 is 0 Å². The zero-order chi connectivity index (χ0) is 8.49. The van der Waals surface area contributed by atoms with Crippen molar-refractivity contribution in [2.75, 3.05) is 0 Å². The molecule has 2 aromatic heterocycles. The maximum atomic E-state index is 3.56. The maximum absolute atomic E-state index is 3.56. The Morgan fingerprint density at radius 1 is 0.385 bits per heavy atom. The van der Waals surface area contributed by atoms with E-state index in [1.165, 1.54) is 38.0 Å². The van der Waals surface area contributed by atoms with Crippen LogP contribution in [0.1, 0.15) is 0 Å². The molecule has 0 aliphatic rings. The molecular formula is C6H8N6O. The number of aromatic nitrogens is 6. The van der Waals surface area contributed by atoms with E-state index in [4.69, 9.17) is 0 Å². The summed E-state index contributed by atoms with van der Waals surface area (Å²) in [5, 5.41) is 0. The van der Waals surface area contributed by atoms with E-state index in [9.17, 15) is 0 Å². The summed E-state index contributed by atoms with van der Waals surface area (Å²) in [7, 11) is 0. The van der Waals surface area contributed by atoms with Crippen LogP contribution in [0.2, 0.25) is 0 Å². The topological polar surface area (TPSA) is 109 Å². The number of hydrogen-bond acceptors (Lipinski definition) is 6. The second-order valence-corrected chi connectivity index (χ2v) is 1.59. The molecule has 0 fully saturated rings. The lowest BCUT2D eigenvalue weighted by Crippen LogP contribution is -1.73. The highest BCUT2D eigenvalue weighted by atomic mass is 16.0. The lowest BCUT2D eigenvalue weighted by atomic mass is 11.1. The highest BCUT2D eigenvalue weighted by Crippen LogP contribution is 1.58. The summed E-state index contributed by atoms with van der Waals surface area (Å²) in [6.45, 7) is 0. The first kappa shape index (κ1) is 11.0. The first-order valence-electron chi connectivity index (χ1n) is 3.10. The minimum Gasteiger partial charge on any atom is -0.412 e. The van der Waals surface area contributed by atoms with Crippen LogP contribution < -0.4 is 0 Å². The Bertz CT molecular complexity index is 193. The van der Waals surface area contributed by atoms with Crippen LogP contribution in [0.3, 0.4) is 0 Å². The quantitative estimate of drug-likeness (QED) is 0.510. The van der Waals surface area contributed by atoms with Crippen LogP contribution in [0.15, 0.2) is 38.0 Å². The van der Waals surface area contributed by atoms with Gasteiger partial charge in [-0.25, -0.2) is 29.9 Å². The van der Waals surface area contributed by atoms with Gasteiger partial charge in [-0.15, -0.1) is 0 Å². The summed E-state index contributed by atoms with van der Waals surface area (Å²) in [6, 6.07) is 0. The molecule has 0 saturated heterocycles. The zero-order valence-corrected chi connectivity index (χ0v) is 6.65. The molecule has 2 aromatic rings. The van der Waals surface area contributed by atoms with E-state index in [0.29, 0.717) is 0 Å². The van der Waals surface area contributed by atoms with E-state index in [2.05, 4.69) is 29.9 Å². The molecule has 0 saturated carbocycles. The first-order valence-corrected chi connectivity index (χ1v) is 3.10. The summed E-state index contributed by atoms with van der Waals surface area (Å²) in [5.74, 6) is 0. The third-order valence-electron chi connectivity index (χ3n) is 0.800. The smallest absolute Gasteiger partial charge is 0.119 e. The van der Waals surface area contributed by atoms with E-state index in [0.717, 1.165) is 0 Å². The molecule has 7 nitrogen and oxygen atoms in total. The van der Waals surface area contributed by atoms with Crippen molar-refractivity contribution >= 4 is 0 Å². The fourth-order valence-corrected chi connectivity index (χ4v) is 0.410. The lowest BCUT2D eigenvalue weighted by Gasteiger charge is -1.69. The molecule has 0 radical (unpaired) electrons. The van der Waals surface area contributed by atoms with Crippen molar-refractivity contribution in [3.05, 3.63) is 38.0 Å². The Labute approximate surface area is 74.3 Å². The minimum atomic E-state index is 0. The summed E-state index contributed by atoms with van der Waals surface area (Å²) < 4.78 is 0. The van der Waals surface area contributed by atoms with Crippen molar-refractivity contribution in [3.8, 4) is 0 Å².